The summed E-state index contributed by atoms with van der Waals surface area (Å²) in [6.07, 6.45) is 3.58. The van der Waals surface area contributed by atoms with Crippen LogP contribution >= 0.6 is 11.6 Å². The molecule has 2 aromatic heterocycles. The average molecular weight is 414 g/mol. The van der Waals surface area contributed by atoms with Gasteiger partial charge in [-0.15, -0.1) is 0 Å². The maximum Gasteiger partial charge on any atom is 0.307 e. The van der Waals surface area contributed by atoms with E-state index in [2.05, 4.69) is 31.1 Å². The van der Waals surface area contributed by atoms with Crippen molar-refractivity contribution in [2.45, 2.75) is 39.2 Å². The maximum atomic E-state index is 12.2. The van der Waals surface area contributed by atoms with Gasteiger partial charge in [-0.3, -0.25) is 9.59 Å². The highest BCUT2D eigenvalue weighted by atomic mass is 35.5. The van der Waals surface area contributed by atoms with E-state index in [-0.39, 0.29) is 30.9 Å². The van der Waals surface area contributed by atoms with Crippen molar-refractivity contribution in [3.63, 3.8) is 0 Å². The molecule has 0 saturated heterocycles. The molecule has 1 N–H and O–H groups in total. The van der Waals surface area contributed by atoms with Gasteiger partial charge < -0.3 is 14.5 Å². The SMILES string of the molecule is CC(C)(C)c1ccc(C(=O)NCCC(=O)OCc2cn3cc(Cl)ccc3n2)cc1. The van der Waals surface area contributed by atoms with Gasteiger partial charge in [-0.05, 0) is 35.2 Å². The summed E-state index contributed by atoms with van der Waals surface area (Å²) in [6, 6.07) is 11.0. The lowest BCUT2D eigenvalue weighted by Crippen LogP contribution is -2.26. The number of fused-ring (bicyclic) bond motifs is 1. The van der Waals surface area contributed by atoms with Crippen LogP contribution in [0.25, 0.3) is 5.65 Å². The summed E-state index contributed by atoms with van der Waals surface area (Å²) in [5.74, 6) is -0.612. The number of pyridine rings is 1. The molecule has 3 aromatic rings. The fourth-order valence-electron chi connectivity index (χ4n) is 2.82. The summed E-state index contributed by atoms with van der Waals surface area (Å²) in [6.45, 7) is 6.64. The minimum Gasteiger partial charge on any atom is -0.459 e. The number of carbonyl (C=O) groups is 2. The van der Waals surface area contributed by atoms with E-state index in [1.165, 1.54) is 0 Å². The molecule has 0 saturated carbocycles. The largest absolute Gasteiger partial charge is 0.459 e. The second kappa shape index (κ2) is 8.66. The number of nitrogens with zero attached hydrogens (tertiary/aromatic N) is 2. The molecule has 0 atom stereocenters. The monoisotopic (exact) mass is 413 g/mol. The first kappa shape index (κ1) is 20.9. The van der Waals surface area contributed by atoms with Crippen molar-refractivity contribution in [2.75, 3.05) is 6.54 Å². The van der Waals surface area contributed by atoms with Crippen LogP contribution in [0.5, 0.6) is 0 Å². The zero-order valence-corrected chi connectivity index (χ0v) is 17.5. The molecule has 0 bridgehead atoms. The van der Waals surface area contributed by atoms with Crippen molar-refractivity contribution < 1.29 is 14.3 Å². The summed E-state index contributed by atoms with van der Waals surface area (Å²) >= 11 is 5.94. The molecular weight excluding hydrogens is 390 g/mol. The molecule has 1 amide bonds. The van der Waals surface area contributed by atoms with Crippen LogP contribution in [0.15, 0.2) is 48.8 Å². The molecule has 2 heterocycles. The van der Waals surface area contributed by atoms with Crippen LogP contribution in [0.1, 0.15) is 48.8 Å². The van der Waals surface area contributed by atoms with Crippen LogP contribution < -0.4 is 5.32 Å². The molecule has 152 valence electrons. The predicted octanol–water partition coefficient (Wildman–Crippen LogP) is 4.15. The lowest BCUT2D eigenvalue weighted by Gasteiger charge is -2.19. The molecule has 3 rings (SSSR count). The molecular formula is C22H24ClN3O3. The lowest BCUT2D eigenvalue weighted by molar-refractivity contribution is -0.144. The van der Waals surface area contributed by atoms with Gasteiger partial charge in [0.2, 0.25) is 0 Å². The van der Waals surface area contributed by atoms with E-state index in [9.17, 15) is 9.59 Å². The lowest BCUT2D eigenvalue weighted by atomic mass is 9.87. The fraction of sp³-hybridized carbons (Fsp3) is 0.318. The summed E-state index contributed by atoms with van der Waals surface area (Å²) < 4.78 is 7.00. The predicted molar refractivity (Wildman–Crippen MR) is 112 cm³/mol. The van der Waals surface area contributed by atoms with E-state index in [0.717, 1.165) is 11.2 Å². The average Bonchev–Trinajstić information content (AvgIpc) is 3.07. The molecule has 0 spiro atoms. The number of aromatic nitrogens is 2. The molecule has 0 radical (unpaired) electrons. The van der Waals surface area contributed by atoms with Gasteiger partial charge in [0.15, 0.2) is 0 Å². The molecule has 0 aliphatic carbocycles. The van der Waals surface area contributed by atoms with Crippen LogP contribution in [0, 0.1) is 0 Å². The first-order chi connectivity index (χ1) is 13.7. The summed E-state index contributed by atoms with van der Waals surface area (Å²) in [5, 5.41) is 3.34. The van der Waals surface area contributed by atoms with Crippen LogP contribution in [0.3, 0.4) is 0 Å². The number of hydrogen-bond donors (Lipinski definition) is 1. The molecule has 1 aromatic carbocycles. The highest BCUT2D eigenvalue weighted by Crippen LogP contribution is 2.22. The van der Waals surface area contributed by atoms with E-state index in [1.54, 1.807) is 41.1 Å². The Morgan fingerprint density at radius 3 is 2.52 bits per heavy atom. The molecule has 0 fully saturated rings. The standard InChI is InChI=1S/C22H24ClN3O3/c1-22(2,3)16-6-4-15(5-7-16)21(28)24-11-10-20(27)29-14-18-13-26-12-17(23)8-9-19(26)25-18/h4-9,12-13H,10-11,14H2,1-3H3,(H,24,28). The Hall–Kier alpha value is -2.86. The molecule has 0 aliphatic rings. The number of nitrogens with one attached hydrogen (secondary N) is 1. The van der Waals surface area contributed by atoms with E-state index < -0.39 is 5.97 Å². The third-order valence-electron chi connectivity index (χ3n) is 4.47. The Bertz CT molecular complexity index is 1020. The van der Waals surface area contributed by atoms with Crippen LogP contribution in [0.2, 0.25) is 5.02 Å². The highest BCUT2D eigenvalue weighted by molar-refractivity contribution is 6.30. The van der Waals surface area contributed by atoms with Crippen LogP contribution in [-0.2, 0) is 21.6 Å². The second-order valence-electron chi connectivity index (χ2n) is 7.84. The molecule has 0 unspecified atom stereocenters. The van der Waals surface area contributed by atoms with E-state index in [1.807, 2.05) is 12.1 Å². The highest BCUT2D eigenvalue weighted by Gasteiger charge is 2.14. The number of ether oxygens (including phenoxy) is 1. The summed E-state index contributed by atoms with van der Waals surface area (Å²) in [5.41, 5.74) is 3.11. The number of amides is 1. The summed E-state index contributed by atoms with van der Waals surface area (Å²) in [7, 11) is 0. The van der Waals surface area contributed by atoms with E-state index in [0.29, 0.717) is 16.3 Å². The number of halogens is 1. The van der Waals surface area contributed by atoms with Crippen molar-refractivity contribution in [3.05, 3.63) is 70.6 Å². The van der Waals surface area contributed by atoms with Gasteiger partial charge in [0.1, 0.15) is 12.3 Å². The topological polar surface area (TPSA) is 72.7 Å². The number of esters is 1. The van der Waals surface area contributed by atoms with Gasteiger partial charge in [0, 0.05) is 24.5 Å². The Kier molecular flexibility index (Phi) is 6.23. The molecule has 7 heteroatoms. The Labute approximate surface area is 174 Å². The maximum absolute atomic E-state index is 12.2. The van der Waals surface area contributed by atoms with Gasteiger partial charge >= 0.3 is 5.97 Å². The van der Waals surface area contributed by atoms with Crippen molar-refractivity contribution in [2.24, 2.45) is 0 Å². The van der Waals surface area contributed by atoms with Crippen molar-refractivity contribution in [1.82, 2.24) is 14.7 Å². The number of carbonyl (C=O) groups excluding carboxylic acids is 2. The smallest absolute Gasteiger partial charge is 0.307 e. The third kappa shape index (κ3) is 5.57. The van der Waals surface area contributed by atoms with E-state index in [4.69, 9.17) is 16.3 Å². The quantitative estimate of drug-likeness (QED) is 0.616. The Morgan fingerprint density at radius 1 is 1.10 bits per heavy atom. The number of imidazole rings is 1. The zero-order chi connectivity index (χ0) is 21.0. The molecule has 0 aliphatic heterocycles. The summed E-state index contributed by atoms with van der Waals surface area (Å²) in [4.78, 5) is 28.5. The number of rotatable bonds is 6. The van der Waals surface area contributed by atoms with Gasteiger partial charge in [-0.1, -0.05) is 44.5 Å². The first-order valence-corrected chi connectivity index (χ1v) is 9.78. The van der Waals surface area contributed by atoms with Crippen LogP contribution in [0.4, 0.5) is 0 Å². The number of benzene rings is 1. The first-order valence-electron chi connectivity index (χ1n) is 9.40. The second-order valence-corrected chi connectivity index (χ2v) is 8.28. The third-order valence-corrected chi connectivity index (χ3v) is 4.70. The molecule has 6 nitrogen and oxygen atoms in total. The van der Waals surface area contributed by atoms with Gasteiger partial charge in [-0.2, -0.15) is 0 Å². The minimum absolute atomic E-state index is 0.0337. The fourth-order valence-corrected chi connectivity index (χ4v) is 2.98. The van der Waals surface area contributed by atoms with Crippen molar-refractivity contribution in [3.8, 4) is 0 Å². The van der Waals surface area contributed by atoms with Gasteiger partial charge in [-0.25, -0.2) is 4.98 Å². The van der Waals surface area contributed by atoms with Crippen molar-refractivity contribution in [1.29, 1.82) is 0 Å². The van der Waals surface area contributed by atoms with Gasteiger partial charge in [0.05, 0.1) is 17.1 Å². The van der Waals surface area contributed by atoms with Gasteiger partial charge in [0.25, 0.3) is 5.91 Å². The molecule has 29 heavy (non-hydrogen) atoms. The van der Waals surface area contributed by atoms with E-state index >= 15 is 0 Å². The minimum atomic E-state index is -0.400. The van der Waals surface area contributed by atoms with Crippen molar-refractivity contribution >= 4 is 29.1 Å². The Morgan fingerprint density at radius 2 is 1.83 bits per heavy atom. The Balaban J connectivity index is 1.43. The zero-order valence-electron chi connectivity index (χ0n) is 16.7. The number of hydrogen-bond acceptors (Lipinski definition) is 4. The normalized spacial score (nSPS) is 11.4. The van der Waals surface area contributed by atoms with Crippen LogP contribution in [-0.4, -0.2) is 27.8 Å².